The van der Waals surface area contributed by atoms with Gasteiger partial charge in [-0.2, -0.15) is 5.10 Å². The van der Waals surface area contributed by atoms with Crippen LogP contribution in [0, 0.1) is 5.92 Å². The van der Waals surface area contributed by atoms with Gasteiger partial charge in [0.05, 0.1) is 17.8 Å². The highest BCUT2D eigenvalue weighted by molar-refractivity contribution is 5.85. The number of fused-ring (bicyclic) bond motifs is 3. The summed E-state index contributed by atoms with van der Waals surface area (Å²) >= 11 is 0. The lowest BCUT2D eigenvalue weighted by Crippen LogP contribution is -2.43. The Kier molecular flexibility index (Phi) is 6.22. The number of aromatic nitrogens is 2. The largest absolute Gasteiger partial charge is 0.481 e. The van der Waals surface area contributed by atoms with Crippen molar-refractivity contribution in [3.8, 4) is 11.1 Å². The smallest absolute Gasteiger partial charge is 0.411 e. The van der Waals surface area contributed by atoms with Crippen molar-refractivity contribution in [2.45, 2.75) is 25.3 Å². The molecule has 1 aliphatic heterocycles. The molecule has 2 aliphatic rings. The first kappa shape index (κ1) is 22.6. The second-order valence-electron chi connectivity index (χ2n) is 8.89. The molecule has 1 fully saturated rings. The normalized spacial score (nSPS) is 16.9. The van der Waals surface area contributed by atoms with Crippen molar-refractivity contribution in [3.05, 3.63) is 72.1 Å². The molecule has 1 saturated heterocycles. The maximum Gasteiger partial charge on any atom is 0.411 e. The van der Waals surface area contributed by atoms with Gasteiger partial charge in [-0.25, -0.2) is 4.79 Å². The van der Waals surface area contributed by atoms with Gasteiger partial charge in [-0.3, -0.25) is 19.6 Å². The first-order chi connectivity index (χ1) is 17.0. The molecule has 1 unspecified atom stereocenters. The fraction of sp³-hybridized carbons (Fsp3) is 0.308. The van der Waals surface area contributed by atoms with Crippen LogP contribution in [0.3, 0.4) is 0 Å². The van der Waals surface area contributed by atoms with Crippen LogP contribution in [0.25, 0.3) is 11.1 Å². The minimum absolute atomic E-state index is 0.0291. The molecule has 2 N–H and O–H groups in total. The van der Waals surface area contributed by atoms with Gasteiger partial charge in [0.25, 0.3) is 0 Å². The Balaban J connectivity index is 1.16. The molecule has 9 heteroatoms. The standard InChI is InChI=1S/C26H26N4O5/c31-24(29-11-5-6-17(13-29)25(32)33)15-30-14-18(12-27-30)28-26(34)35-16-23-21-9-3-1-7-19(21)20-8-2-4-10-22(20)23/h1-4,7-10,12,14,17,23H,5-6,11,13,15-16H2,(H,28,34)(H,32,33). The third kappa shape index (κ3) is 4.75. The molecule has 180 valence electrons. The van der Waals surface area contributed by atoms with Gasteiger partial charge < -0.3 is 14.7 Å². The van der Waals surface area contributed by atoms with E-state index in [0.717, 1.165) is 22.3 Å². The molecule has 2 heterocycles. The Morgan fingerprint density at radius 1 is 1.06 bits per heavy atom. The third-order valence-electron chi connectivity index (χ3n) is 6.64. The lowest BCUT2D eigenvalue weighted by atomic mass is 9.98. The van der Waals surface area contributed by atoms with Crippen LogP contribution in [0.1, 0.15) is 29.9 Å². The Morgan fingerprint density at radius 3 is 2.43 bits per heavy atom. The minimum atomic E-state index is -0.879. The van der Waals surface area contributed by atoms with Crippen molar-refractivity contribution >= 4 is 23.7 Å². The molecule has 0 bridgehead atoms. The number of rotatable bonds is 6. The molecule has 9 nitrogen and oxygen atoms in total. The van der Waals surface area contributed by atoms with Crippen LogP contribution in [0.5, 0.6) is 0 Å². The molecular formula is C26H26N4O5. The second-order valence-corrected chi connectivity index (χ2v) is 8.89. The second kappa shape index (κ2) is 9.61. The van der Waals surface area contributed by atoms with E-state index in [2.05, 4.69) is 34.7 Å². The van der Waals surface area contributed by atoms with E-state index in [4.69, 9.17) is 4.74 Å². The summed E-state index contributed by atoms with van der Waals surface area (Å²) in [6, 6.07) is 16.3. The molecule has 2 amide bonds. The number of likely N-dealkylation sites (tertiary alicyclic amines) is 1. The summed E-state index contributed by atoms with van der Waals surface area (Å²) < 4.78 is 6.97. The number of hydrogen-bond acceptors (Lipinski definition) is 5. The van der Waals surface area contributed by atoms with Gasteiger partial charge >= 0.3 is 12.1 Å². The summed E-state index contributed by atoms with van der Waals surface area (Å²) in [7, 11) is 0. The van der Waals surface area contributed by atoms with Gasteiger partial charge in [-0.15, -0.1) is 0 Å². The quantitative estimate of drug-likeness (QED) is 0.565. The number of piperidine rings is 1. The van der Waals surface area contributed by atoms with Crippen LogP contribution in [0.2, 0.25) is 0 Å². The Hall–Kier alpha value is -4.14. The molecule has 2 aromatic carbocycles. The first-order valence-electron chi connectivity index (χ1n) is 11.6. The topological polar surface area (TPSA) is 114 Å². The van der Waals surface area contributed by atoms with E-state index in [1.165, 1.54) is 10.9 Å². The molecule has 0 radical (unpaired) electrons. The highest BCUT2D eigenvalue weighted by atomic mass is 16.5. The van der Waals surface area contributed by atoms with Crippen molar-refractivity contribution in [1.29, 1.82) is 0 Å². The van der Waals surface area contributed by atoms with Gasteiger partial charge in [0.2, 0.25) is 5.91 Å². The van der Waals surface area contributed by atoms with E-state index in [1.807, 2.05) is 24.3 Å². The number of ether oxygens (including phenoxy) is 1. The number of nitrogens with one attached hydrogen (secondary N) is 1. The number of amides is 2. The van der Waals surface area contributed by atoms with Crippen molar-refractivity contribution in [2.24, 2.45) is 5.92 Å². The maximum absolute atomic E-state index is 12.6. The van der Waals surface area contributed by atoms with Crippen molar-refractivity contribution in [3.63, 3.8) is 0 Å². The van der Waals surface area contributed by atoms with Gasteiger partial charge in [0.1, 0.15) is 13.2 Å². The van der Waals surface area contributed by atoms with Crippen molar-refractivity contribution < 1.29 is 24.2 Å². The molecule has 1 aliphatic carbocycles. The fourth-order valence-corrected chi connectivity index (χ4v) is 4.91. The minimum Gasteiger partial charge on any atom is -0.481 e. The van der Waals surface area contributed by atoms with Crippen LogP contribution >= 0.6 is 0 Å². The number of carboxylic acids is 1. The molecule has 1 aromatic heterocycles. The van der Waals surface area contributed by atoms with Gasteiger partial charge in [-0.1, -0.05) is 48.5 Å². The predicted molar refractivity (Wildman–Crippen MR) is 128 cm³/mol. The van der Waals surface area contributed by atoms with Crippen molar-refractivity contribution in [1.82, 2.24) is 14.7 Å². The monoisotopic (exact) mass is 474 g/mol. The maximum atomic E-state index is 12.6. The first-order valence-corrected chi connectivity index (χ1v) is 11.6. The Morgan fingerprint density at radius 2 is 1.74 bits per heavy atom. The van der Waals surface area contributed by atoms with Gasteiger partial charge in [0.15, 0.2) is 0 Å². The number of carbonyl (C=O) groups excluding carboxylic acids is 2. The summed E-state index contributed by atoms with van der Waals surface area (Å²) in [6.45, 7) is 0.917. The lowest BCUT2D eigenvalue weighted by molar-refractivity contribution is -0.145. The molecule has 35 heavy (non-hydrogen) atoms. The van der Waals surface area contributed by atoms with E-state index in [0.29, 0.717) is 25.1 Å². The number of aliphatic carboxylic acids is 1. The Labute approximate surface area is 202 Å². The van der Waals surface area contributed by atoms with E-state index in [-0.39, 0.29) is 31.5 Å². The number of hydrogen-bond donors (Lipinski definition) is 2. The summed E-state index contributed by atoms with van der Waals surface area (Å²) in [6.07, 6.45) is 3.65. The van der Waals surface area contributed by atoms with E-state index >= 15 is 0 Å². The van der Waals surface area contributed by atoms with E-state index < -0.39 is 18.0 Å². The average molecular weight is 475 g/mol. The number of benzene rings is 2. The average Bonchev–Trinajstić information content (AvgIpc) is 3.44. The van der Waals surface area contributed by atoms with Crippen LogP contribution in [0.15, 0.2) is 60.9 Å². The Bertz CT molecular complexity index is 1220. The van der Waals surface area contributed by atoms with Gasteiger partial charge in [0, 0.05) is 25.2 Å². The number of carboxylic acid groups (broad SMARTS) is 1. The molecule has 1 atom stereocenters. The van der Waals surface area contributed by atoms with Crippen molar-refractivity contribution in [2.75, 3.05) is 25.0 Å². The molecule has 5 rings (SSSR count). The third-order valence-corrected chi connectivity index (χ3v) is 6.64. The van der Waals surface area contributed by atoms with Crippen LogP contribution in [-0.4, -0.2) is 57.5 Å². The summed E-state index contributed by atoms with van der Waals surface area (Å²) in [4.78, 5) is 37.8. The van der Waals surface area contributed by atoms with E-state index in [1.54, 1.807) is 11.1 Å². The molecule has 0 saturated carbocycles. The molecule has 0 spiro atoms. The fourth-order valence-electron chi connectivity index (χ4n) is 4.91. The lowest BCUT2D eigenvalue weighted by Gasteiger charge is -2.30. The van der Waals surface area contributed by atoms with Crippen LogP contribution in [0.4, 0.5) is 10.5 Å². The predicted octanol–water partition coefficient (Wildman–Crippen LogP) is 3.57. The SMILES string of the molecule is O=C(Nc1cnn(CC(=O)N2CCCC(C(=O)O)C2)c1)OCC1c2ccccc2-c2ccccc21. The van der Waals surface area contributed by atoms with Gasteiger partial charge in [-0.05, 0) is 35.1 Å². The number of carbonyl (C=O) groups is 3. The zero-order valence-electron chi connectivity index (χ0n) is 19.1. The molecular weight excluding hydrogens is 448 g/mol. The van der Waals surface area contributed by atoms with E-state index in [9.17, 15) is 19.5 Å². The highest BCUT2D eigenvalue weighted by Gasteiger charge is 2.30. The molecule has 3 aromatic rings. The summed E-state index contributed by atoms with van der Waals surface area (Å²) in [5.41, 5.74) is 5.00. The number of nitrogens with zero attached hydrogens (tertiary/aromatic N) is 3. The number of anilines is 1. The zero-order valence-corrected chi connectivity index (χ0v) is 19.1. The zero-order chi connectivity index (χ0) is 24.4. The van der Waals surface area contributed by atoms with Crippen LogP contribution < -0.4 is 5.32 Å². The van der Waals surface area contributed by atoms with Crippen LogP contribution in [-0.2, 0) is 20.9 Å². The summed E-state index contributed by atoms with van der Waals surface area (Å²) in [5.74, 6) is -1.65. The summed E-state index contributed by atoms with van der Waals surface area (Å²) in [5, 5.41) is 16.0. The highest BCUT2D eigenvalue weighted by Crippen LogP contribution is 2.44.